The van der Waals surface area contributed by atoms with Gasteiger partial charge in [0.25, 0.3) is 0 Å². The van der Waals surface area contributed by atoms with Crippen LogP contribution in [0.25, 0.3) is 106 Å². The predicted octanol–water partition coefficient (Wildman–Crippen LogP) is 14.6. The van der Waals surface area contributed by atoms with Crippen LogP contribution in [0.2, 0.25) is 0 Å². The minimum atomic E-state index is 0.662. The van der Waals surface area contributed by atoms with Gasteiger partial charge in [0.2, 0.25) is 0 Å². The third-order valence-electron chi connectivity index (χ3n) is 11.4. The van der Waals surface area contributed by atoms with E-state index < -0.39 is 0 Å². The highest BCUT2D eigenvalue weighted by molar-refractivity contribution is 6.17. The van der Waals surface area contributed by atoms with Crippen LogP contribution < -0.4 is 0 Å². The lowest BCUT2D eigenvalue weighted by molar-refractivity contribution is 0.918. The summed E-state index contributed by atoms with van der Waals surface area (Å²) >= 11 is 0. The number of benzene rings is 9. The Balaban J connectivity index is 1.12. The maximum Gasteiger partial charge on any atom is 0.160 e. The van der Waals surface area contributed by atoms with Crippen molar-refractivity contribution in [2.75, 3.05) is 0 Å². The molecule has 0 spiro atoms. The molecule has 0 aliphatic carbocycles. The third-order valence-corrected chi connectivity index (χ3v) is 11.4. The van der Waals surface area contributed by atoms with E-state index in [1.165, 1.54) is 0 Å². The number of hydrogen-bond donors (Lipinski definition) is 0. The number of fused-ring (bicyclic) bond motifs is 3. The molecule has 0 saturated carbocycles. The topological polar surface area (TPSA) is 43.6 Å². The van der Waals surface area contributed by atoms with Gasteiger partial charge >= 0.3 is 0 Å². The Hall–Kier alpha value is -8.21. The molecule has 286 valence electrons. The maximum absolute atomic E-state index is 5.49. The third kappa shape index (κ3) is 6.86. The SMILES string of the molecule is c1ccc(-c2cccc(-c3cc(-c4cccc(-n5nc(-c6ccccc6)c6c(-c7ccccc7)cc7ccccc7c65)c4)nc(-c4cccc(-c5ccccc5)c4)n3)c2)cc1. The fourth-order valence-electron chi connectivity index (χ4n) is 8.44. The molecule has 2 heterocycles. The summed E-state index contributed by atoms with van der Waals surface area (Å²) in [6.07, 6.45) is 0. The lowest BCUT2D eigenvalue weighted by Crippen LogP contribution is -1.99. The van der Waals surface area contributed by atoms with E-state index in [-0.39, 0.29) is 0 Å². The van der Waals surface area contributed by atoms with Crippen molar-refractivity contribution < 1.29 is 0 Å². The molecule has 0 saturated heterocycles. The first kappa shape index (κ1) is 35.9. The monoisotopic (exact) mass is 778 g/mol. The first-order chi connectivity index (χ1) is 30.2. The van der Waals surface area contributed by atoms with Gasteiger partial charge in [-0.25, -0.2) is 14.6 Å². The number of nitrogens with zero attached hydrogens (tertiary/aromatic N) is 4. The molecule has 0 fully saturated rings. The summed E-state index contributed by atoms with van der Waals surface area (Å²) in [4.78, 5) is 10.6. The average molecular weight is 779 g/mol. The van der Waals surface area contributed by atoms with Gasteiger partial charge in [0.05, 0.1) is 22.6 Å². The molecule has 11 rings (SSSR count). The molecule has 9 aromatic carbocycles. The average Bonchev–Trinajstić information content (AvgIpc) is 3.76. The Morgan fingerprint density at radius 2 is 0.803 bits per heavy atom. The molecule has 0 bridgehead atoms. The zero-order valence-electron chi connectivity index (χ0n) is 33.2. The molecule has 0 aliphatic heterocycles. The highest BCUT2D eigenvalue weighted by Crippen LogP contribution is 2.42. The molecule has 0 unspecified atom stereocenters. The summed E-state index contributed by atoms with van der Waals surface area (Å²) in [5.74, 6) is 0.662. The fraction of sp³-hybridized carbons (Fsp3) is 0. The van der Waals surface area contributed by atoms with Crippen LogP contribution in [-0.2, 0) is 0 Å². The second-order valence-electron chi connectivity index (χ2n) is 15.3. The molecule has 0 amide bonds. The number of hydrogen-bond acceptors (Lipinski definition) is 3. The van der Waals surface area contributed by atoms with E-state index in [2.05, 4.69) is 223 Å². The van der Waals surface area contributed by atoms with E-state index in [0.29, 0.717) is 5.82 Å². The maximum atomic E-state index is 5.49. The molecule has 0 atom stereocenters. The van der Waals surface area contributed by atoms with Crippen molar-refractivity contribution in [1.29, 1.82) is 0 Å². The highest BCUT2D eigenvalue weighted by atomic mass is 15.3. The van der Waals surface area contributed by atoms with E-state index in [1.807, 2.05) is 12.1 Å². The Morgan fingerprint density at radius 3 is 1.44 bits per heavy atom. The molecule has 0 N–H and O–H groups in total. The Morgan fingerprint density at radius 1 is 0.328 bits per heavy atom. The zero-order chi connectivity index (χ0) is 40.5. The molecule has 61 heavy (non-hydrogen) atoms. The van der Waals surface area contributed by atoms with Gasteiger partial charge in [-0.3, -0.25) is 0 Å². The number of rotatable bonds is 8. The van der Waals surface area contributed by atoms with Crippen molar-refractivity contribution in [3.63, 3.8) is 0 Å². The van der Waals surface area contributed by atoms with Crippen LogP contribution in [0, 0.1) is 0 Å². The van der Waals surface area contributed by atoms with Crippen LogP contribution in [0.1, 0.15) is 0 Å². The van der Waals surface area contributed by atoms with Crippen LogP contribution in [0.4, 0.5) is 0 Å². The molecular formula is C57H38N4. The van der Waals surface area contributed by atoms with Crippen molar-refractivity contribution in [2.24, 2.45) is 0 Å². The van der Waals surface area contributed by atoms with E-state index in [0.717, 1.165) is 100 Å². The van der Waals surface area contributed by atoms with Crippen molar-refractivity contribution >= 4 is 21.7 Å². The summed E-state index contributed by atoms with van der Waals surface area (Å²) in [7, 11) is 0. The smallest absolute Gasteiger partial charge is 0.160 e. The number of aromatic nitrogens is 4. The van der Waals surface area contributed by atoms with Crippen molar-refractivity contribution in [1.82, 2.24) is 19.7 Å². The van der Waals surface area contributed by atoms with Gasteiger partial charge in [-0.2, -0.15) is 5.10 Å². The fourth-order valence-corrected chi connectivity index (χ4v) is 8.44. The minimum Gasteiger partial charge on any atom is -0.232 e. The van der Waals surface area contributed by atoms with Gasteiger partial charge in [0.1, 0.15) is 5.69 Å². The second kappa shape index (κ2) is 15.5. The minimum absolute atomic E-state index is 0.662. The first-order valence-corrected chi connectivity index (χ1v) is 20.6. The van der Waals surface area contributed by atoms with E-state index in [4.69, 9.17) is 15.1 Å². The Bertz CT molecular complexity index is 3240. The van der Waals surface area contributed by atoms with Crippen LogP contribution in [0.15, 0.2) is 231 Å². The Kier molecular flexibility index (Phi) is 9.14. The van der Waals surface area contributed by atoms with Crippen LogP contribution in [-0.4, -0.2) is 19.7 Å². The predicted molar refractivity (Wildman–Crippen MR) is 252 cm³/mol. The summed E-state index contributed by atoms with van der Waals surface area (Å²) in [6, 6.07) is 80.9. The van der Waals surface area contributed by atoms with Crippen molar-refractivity contribution in [2.45, 2.75) is 0 Å². The molecule has 11 aromatic rings. The van der Waals surface area contributed by atoms with Gasteiger partial charge < -0.3 is 0 Å². The van der Waals surface area contributed by atoms with Gasteiger partial charge in [0, 0.05) is 33.0 Å². The van der Waals surface area contributed by atoms with Crippen molar-refractivity contribution in [3.8, 4) is 84.2 Å². The standard InChI is InChI=1S/C57H38N4/c1-5-18-39(19-6-1)43-27-15-29-46(34-43)52-38-53(59-57(58-52)48-31-16-28-44(35-48)40-20-7-2-8-21-40)47-30-17-32-49(36-47)61-56-50-33-14-13-26-45(50)37-51(41-22-9-3-10-23-41)54(56)55(60-61)42-24-11-4-12-25-42/h1-38H. The van der Waals surface area contributed by atoms with Gasteiger partial charge in [-0.15, -0.1) is 0 Å². The van der Waals surface area contributed by atoms with Crippen molar-refractivity contribution in [3.05, 3.63) is 231 Å². The largest absolute Gasteiger partial charge is 0.232 e. The lowest BCUT2D eigenvalue weighted by Gasteiger charge is -2.13. The second-order valence-corrected chi connectivity index (χ2v) is 15.3. The van der Waals surface area contributed by atoms with Gasteiger partial charge in [-0.1, -0.05) is 194 Å². The summed E-state index contributed by atoms with van der Waals surface area (Å²) in [5.41, 5.74) is 15.5. The van der Waals surface area contributed by atoms with Crippen LogP contribution >= 0.6 is 0 Å². The summed E-state index contributed by atoms with van der Waals surface area (Å²) in [6.45, 7) is 0. The molecule has 4 heteroatoms. The lowest BCUT2D eigenvalue weighted by atomic mass is 9.94. The normalized spacial score (nSPS) is 11.3. The van der Waals surface area contributed by atoms with Crippen LogP contribution in [0.3, 0.4) is 0 Å². The molecule has 2 aromatic heterocycles. The van der Waals surface area contributed by atoms with Gasteiger partial charge in [-0.05, 0) is 75.2 Å². The highest BCUT2D eigenvalue weighted by Gasteiger charge is 2.22. The summed E-state index contributed by atoms with van der Waals surface area (Å²) < 4.78 is 2.13. The molecular weight excluding hydrogens is 741 g/mol. The van der Waals surface area contributed by atoms with E-state index >= 15 is 0 Å². The molecule has 0 aliphatic rings. The van der Waals surface area contributed by atoms with Gasteiger partial charge in [0.15, 0.2) is 5.82 Å². The molecule has 0 radical (unpaired) electrons. The first-order valence-electron chi connectivity index (χ1n) is 20.6. The molecule has 4 nitrogen and oxygen atoms in total. The summed E-state index contributed by atoms with van der Waals surface area (Å²) in [5, 5.41) is 8.91. The van der Waals surface area contributed by atoms with E-state index in [9.17, 15) is 0 Å². The quantitative estimate of drug-likeness (QED) is 0.154. The zero-order valence-corrected chi connectivity index (χ0v) is 33.2. The van der Waals surface area contributed by atoms with Crippen LogP contribution in [0.5, 0.6) is 0 Å². The Labute approximate surface area is 354 Å². The van der Waals surface area contributed by atoms with E-state index in [1.54, 1.807) is 0 Å².